The Balaban J connectivity index is 0.000000758. The van der Waals surface area contributed by atoms with Gasteiger partial charge in [0.05, 0.1) is 4.88 Å². The maximum Gasteiger partial charge on any atom is 0.150 e. The van der Waals surface area contributed by atoms with Crippen LogP contribution in [0.2, 0.25) is 0 Å². The molecule has 1 aromatic carbocycles. The van der Waals surface area contributed by atoms with Gasteiger partial charge in [-0.3, -0.25) is 4.40 Å². The highest BCUT2D eigenvalue weighted by molar-refractivity contribution is 7.22. The van der Waals surface area contributed by atoms with Crippen molar-refractivity contribution in [3.63, 3.8) is 0 Å². The molecule has 0 aliphatic heterocycles. The van der Waals surface area contributed by atoms with Crippen molar-refractivity contribution in [1.82, 2.24) is 14.4 Å². The van der Waals surface area contributed by atoms with Crippen molar-refractivity contribution in [3.05, 3.63) is 48.5 Å². The average molecular weight is 350 g/mol. The zero-order valence-corrected chi connectivity index (χ0v) is 15.4. The van der Waals surface area contributed by atoms with Crippen molar-refractivity contribution in [2.45, 2.75) is 39.0 Å². The van der Waals surface area contributed by atoms with E-state index in [-0.39, 0.29) is 0 Å². The van der Waals surface area contributed by atoms with Crippen molar-refractivity contribution in [2.24, 2.45) is 0 Å². The van der Waals surface area contributed by atoms with E-state index in [4.69, 9.17) is 10.7 Å². The summed E-state index contributed by atoms with van der Waals surface area (Å²) >= 11 is 1.77. The number of anilines is 1. The summed E-state index contributed by atoms with van der Waals surface area (Å²) < 4.78 is 3.42. The van der Waals surface area contributed by atoms with E-state index in [1.165, 1.54) is 29.3 Å². The van der Waals surface area contributed by atoms with Gasteiger partial charge in [0.2, 0.25) is 0 Å². The number of thiophene rings is 1. The molecule has 5 heteroatoms. The molecule has 5 rings (SSSR count). The summed E-state index contributed by atoms with van der Waals surface area (Å²) in [5.74, 6) is 2.23. The molecule has 1 fully saturated rings. The Morgan fingerprint density at radius 3 is 2.72 bits per heavy atom. The van der Waals surface area contributed by atoms with Gasteiger partial charge in [0.1, 0.15) is 22.9 Å². The number of imidazole rings is 1. The molecular formula is C20H22N4S. The Bertz CT molecular complexity index is 994. The minimum absolute atomic E-state index is 0.549. The van der Waals surface area contributed by atoms with Crippen LogP contribution in [-0.2, 0) is 0 Å². The fraction of sp³-hybridized carbons (Fsp3) is 0.300. The maximum absolute atomic E-state index is 6.19. The number of nitrogen functional groups attached to an aromatic ring is 1. The Morgan fingerprint density at radius 2 is 2.00 bits per heavy atom. The SMILES string of the molecule is CC.Nc1nccn2c(C3CCC3)nc(-c3cc4ccccc4s3)c12. The van der Waals surface area contributed by atoms with Crippen molar-refractivity contribution in [1.29, 1.82) is 0 Å². The summed E-state index contributed by atoms with van der Waals surface area (Å²) in [6.07, 6.45) is 7.48. The molecule has 1 aliphatic carbocycles. The highest BCUT2D eigenvalue weighted by Gasteiger charge is 2.27. The van der Waals surface area contributed by atoms with Crippen LogP contribution in [0, 0.1) is 0 Å². The van der Waals surface area contributed by atoms with E-state index in [1.807, 2.05) is 20.0 Å². The third kappa shape index (κ3) is 2.59. The van der Waals surface area contributed by atoms with E-state index < -0.39 is 0 Å². The van der Waals surface area contributed by atoms with Gasteiger partial charge in [0, 0.05) is 23.0 Å². The van der Waals surface area contributed by atoms with Crippen molar-refractivity contribution >= 4 is 32.8 Å². The normalized spacial score (nSPS) is 14.3. The van der Waals surface area contributed by atoms with Crippen molar-refractivity contribution in [2.75, 3.05) is 5.73 Å². The molecule has 0 amide bonds. The zero-order valence-electron chi connectivity index (χ0n) is 14.6. The van der Waals surface area contributed by atoms with E-state index in [2.05, 4.69) is 39.7 Å². The summed E-state index contributed by atoms with van der Waals surface area (Å²) in [5.41, 5.74) is 8.11. The topological polar surface area (TPSA) is 56.2 Å². The van der Waals surface area contributed by atoms with Gasteiger partial charge in [-0.1, -0.05) is 38.5 Å². The van der Waals surface area contributed by atoms with Gasteiger partial charge in [0.25, 0.3) is 0 Å². The minimum atomic E-state index is 0.549. The van der Waals surface area contributed by atoms with Gasteiger partial charge < -0.3 is 5.73 Å². The predicted octanol–water partition coefficient (Wildman–Crippen LogP) is 5.49. The van der Waals surface area contributed by atoms with Gasteiger partial charge in [-0.2, -0.15) is 0 Å². The van der Waals surface area contributed by atoms with Crippen LogP contribution >= 0.6 is 11.3 Å². The molecular weight excluding hydrogens is 328 g/mol. The molecule has 1 aliphatic rings. The first-order valence-corrected chi connectivity index (χ1v) is 9.74. The smallest absolute Gasteiger partial charge is 0.150 e. The van der Waals surface area contributed by atoms with Crippen LogP contribution in [0.15, 0.2) is 42.7 Å². The highest BCUT2D eigenvalue weighted by Crippen LogP contribution is 2.41. The lowest BCUT2D eigenvalue weighted by molar-refractivity contribution is 0.400. The van der Waals surface area contributed by atoms with Crippen LogP contribution in [0.1, 0.15) is 44.9 Å². The second-order valence-electron chi connectivity index (χ2n) is 6.13. The lowest BCUT2D eigenvalue weighted by Gasteiger charge is -2.23. The molecule has 25 heavy (non-hydrogen) atoms. The Hall–Kier alpha value is -2.40. The number of benzene rings is 1. The molecule has 2 N–H and O–H groups in total. The van der Waals surface area contributed by atoms with Gasteiger partial charge in [0.15, 0.2) is 0 Å². The van der Waals surface area contributed by atoms with Gasteiger partial charge in [-0.25, -0.2) is 9.97 Å². The van der Waals surface area contributed by atoms with E-state index in [1.54, 1.807) is 17.5 Å². The number of hydrogen-bond donors (Lipinski definition) is 1. The fourth-order valence-electron chi connectivity index (χ4n) is 3.31. The van der Waals surface area contributed by atoms with Gasteiger partial charge in [-0.05, 0) is 30.4 Å². The molecule has 4 nitrogen and oxygen atoms in total. The summed E-state index contributed by atoms with van der Waals surface area (Å²) in [5, 5.41) is 1.25. The molecule has 0 saturated heterocycles. The average Bonchev–Trinajstić information content (AvgIpc) is 3.18. The predicted molar refractivity (Wildman–Crippen MR) is 106 cm³/mol. The van der Waals surface area contributed by atoms with E-state index >= 15 is 0 Å². The lowest BCUT2D eigenvalue weighted by atomic mass is 9.85. The van der Waals surface area contributed by atoms with E-state index in [0.717, 1.165) is 21.9 Å². The number of aromatic nitrogens is 3. The summed E-state index contributed by atoms with van der Waals surface area (Å²) in [6.45, 7) is 4.00. The van der Waals surface area contributed by atoms with Gasteiger partial charge in [-0.15, -0.1) is 11.3 Å². The van der Waals surface area contributed by atoms with E-state index in [0.29, 0.717) is 11.7 Å². The van der Waals surface area contributed by atoms with Crippen LogP contribution in [0.3, 0.4) is 0 Å². The third-order valence-corrected chi connectivity index (χ3v) is 5.86. The van der Waals surface area contributed by atoms with Crippen LogP contribution in [0.5, 0.6) is 0 Å². The number of nitrogens with two attached hydrogens (primary N) is 1. The quantitative estimate of drug-likeness (QED) is 0.520. The molecule has 3 aromatic heterocycles. The number of nitrogens with zero attached hydrogens (tertiary/aromatic N) is 3. The van der Waals surface area contributed by atoms with E-state index in [9.17, 15) is 0 Å². The Kier molecular flexibility index (Phi) is 4.17. The number of rotatable bonds is 2. The third-order valence-electron chi connectivity index (χ3n) is 4.74. The second kappa shape index (κ2) is 6.48. The standard InChI is InChI=1S/C18H16N4S.C2H6/c19-17-16-15(14-10-12-4-1-2-7-13(12)23-14)21-18(11-5-3-6-11)22(16)9-8-20-17;1-2/h1-2,4,7-11H,3,5-6H2,(H2,19,20);1-2H3. The first-order valence-electron chi connectivity index (χ1n) is 8.92. The first kappa shape index (κ1) is 16.1. The maximum atomic E-state index is 6.19. The molecule has 0 spiro atoms. The Morgan fingerprint density at radius 1 is 1.20 bits per heavy atom. The second-order valence-corrected chi connectivity index (χ2v) is 7.21. The zero-order chi connectivity index (χ0) is 17.4. The van der Waals surface area contributed by atoms with Crippen LogP contribution in [0.25, 0.3) is 26.2 Å². The van der Waals surface area contributed by atoms with Crippen LogP contribution in [-0.4, -0.2) is 14.4 Å². The molecule has 3 heterocycles. The molecule has 128 valence electrons. The van der Waals surface area contributed by atoms with Gasteiger partial charge >= 0.3 is 0 Å². The highest BCUT2D eigenvalue weighted by atomic mass is 32.1. The molecule has 0 radical (unpaired) electrons. The summed E-state index contributed by atoms with van der Waals surface area (Å²) in [6, 6.07) is 10.6. The molecule has 1 saturated carbocycles. The molecule has 4 aromatic rings. The van der Waals surface area contributed by atoms with Crippen LogP contribution in [0.4, 0.5) is 5.82 Å². The largest absolute Gasteiger partial charge is 0.382 e. The Labute approximate surface area is 151 Å². The molecule has 0 bridgehead atoms. The number of hydrogen-bond acceptors (Lipinski definition) is 4. The summed E-state index contributed by atoms with van der Waals surface area (Å²) in [7, 11) is 0. The van der Waals surface area contributed by atoms with Crippen molar-refractivity contribution in [3.8, 4) is 10.6 Å². The minimum Gasteiger partial charge on any atom is -0.382 e. The summed E-state index contributed by atoms with van der Waals surface area (Å²) in [4.78, 5) is 10.4. The fourth-order valence-corrected chi connectivity index (χ4v) is 4.37. The molecule has 0 unspecified atom stereocenters. The molecule has 0 atom stereocenters. The van der Waals surface area contributed by atoms with Crippen LogP contribution < -0.4 is 5.73 Å². The monoisotopic (exact) mass is 350 g/mol. The lowest BCUT2D eigenvalue weighted by Crippen LogP contribution is -2.12. The van der Waals surface area contributed by atoms with Crippen molar-refractivity contribution < 1.29 is 0 Å². The number of fused-ring (bicyclic) bond motifs is 2. The first-order chi connectivity index (χ1) is 12.3.